The molecule has 2 heterocycles. The second kappa shape index (κ2) is 10.5. The number of aromatic nitrogens is 2. The number of likely N-dealkylation sites (tertiary alicyclic amines) is 1. The van der Waals surface area contributed by atoms with Gasteiger partial charge in [0.05, 0.1) is 16.3 Å². The highest BCUT2D eigenvalue weighted by Gasteiger charge is 2.26. The van der Waals surface area contributed by atoms with E-state index in [1.807, 2.05) is 23.1 Å². The lowest BCUT2D eigenvalue weighted by molar-refractivity contribution is 0.0684. The van der Waals surface area contributed by atoms with Gasteiger partial charge in [-0.1, -0.05) is 54.1 Å². The number of halogens is 1. The van der Waals surface area contributed by atoms with Crippen molar-refractivity contribution < 1.29 is 13.2 Å². The molecule has 1 aromatic heterocycles. The van der Waals surface area contributed by atoms with E-state index in [-0.39, 0.29) is 10.8 Å². The number of carbonyl (C=O) groups excluding carboxylic acids is 1. The van der Waals surface area contributed by atoms with Gasteiger partial charge < -0.3 is 4.90 Å². The summed E-state index contributed by atoms with van der Waals surface area (Å²) in [6.07, 6.45) is 4.12. The van der Waals surface area contributed by atoms with Crippen molar-refractivity contribution in [3.63, 3.8) is 0 Å². The molecule has 0 unspecified atom stereocenters. The normalized spacial score (nSPS) is 14.6. The largest absolute Gasteiger partial charge is 0.337 e. The third-order valence-corrected chi connectivity index (χ3v) is 8.23. The zero-order chi connectivity index (χ0) is 26.0. The highest BCUT2D eigenvalue weighted by molar-refractivity contribution is 7.90. The quantitative estimate of drug-likeness (QED) is 0.319. The Kier molecular flexibility index (Phi) is 7.17. The van der Waals surface area contributed by atoms with E-state index in [1.165, 1.54) is 11.8 Å². The van der Waals surface area contributed by atoms with Crippen LogP contribution in [0.25, 0.3) is 16.9 Å². The van der Waals surface area contributed by atoms with E-state index >= 15 is 0 Å². The molecule has 0 atom stereocenters. The lowest BCUT2D eigenvalue weighted by Gasteiger charge is -2.31. The first-order chi connectivity index (χ1) is 17.8. The molecule has 190 valence electrons. The molecule has 4 aromatic rings. The minimum Gasteiger partial charge on any atom is -0.337 e. The highest BCUT2D eigenvalue weighted by atomic mass is 35.5. The molecule has 0 N–H and O–H groups in total. The van der Waals surface area contributed by atoms with Crippen LogP contribution in [0.15, 0.2) is 89.8 Å². The van der Waals surface area contributed by atoms with Crippen molar-refractivity contribution in [3.05, 3.63) is 101 Å². The molecule has 0 spiro atoms. The number of benzene rings is 3. The molecular formula is C29H28ClN3O3S. The van der Waals surface area contributed by atoms with Gasteiger partial charge in [-0.15, -0.1) is 0 Å². The van der Waals surface area contributed by atoms with E-state index in [4.69, 9.17) is 11.6 Å². The van der Waals surface area contributed by atoms with Crippen LogP contribution in [0.1, 0.15) is 28.9 Å². The zero-order valence-electron chi connectivity index (χ0n) is 20.5. The van der Waals surface area contributed by atoms with Crippen LogP contribution in [0.2, 0.25) is 5.02 Å². The first-order valence-corrected chi connectivity index (χ1v) is 14.5. The van der Waals surface area contributed by atoms with Gasteiger partial charge in [-0.2, -0.15) is 5.10 Å². The Hall–Kier alpha value is -3.42. The van der Waals surface area contributed by atoms with Gasteiger partial charge in [0.25, 0.3) is 5.91 Å². The van der Waals surface area contributed by atoms with Crippen LogP contribution in [0.3, 0.4) is 0 Å². The van der Waals surface area contributed by atoms with Crippen molar-refractivity contribution in [2.24, 2.45) is 5.92 Å². The van der Waals surface area contributed by atoms with Gasteiger partial charge in [0.2, 0.25) is 0 Å². The molecule has 3 aromatic carbocycles. The van der Waals surface area contributed by atoms with Crippen molar-refractivity contribution in [2.45, 2.75) is 24.2 Å². The maximum Gasteiger partial charge on any atom is 0.274 e. The molecule has 1 aliphatic rings. The zero-order valence-corrected chi connectivity index (χ0v) is 22.1. The predicted molar refractivity (Wildman–Crippen MR) is 146 cm³/mol. The molecule has 0 saturated carbocycles. The van der Waals surface area contributed by atoms with Gasteiger partial charge in [0, 0.05) is 29.9 Å². The third-order valence-electron chi connectivity index (χ3n) is 6.85. The SMILES string of the molecule is CS(=O)(=O)c1ccc(-n2nc(C(=O)N3CCC(Cc4ccccc4)CC3)cc2-c2ccc(Cl)cc2)cc1. The number of rotatable bonds is 6. The molecule has 6 nitrogen and oxygen atoms in total. The van der Waals surface area contributed by atoms with Gasteiger partial charge in [-0.3, -0.25) is 4.79 Å². The summed E-state index contributed by atoms with van der Waals surface area (Å²) >= 11 is 6.10. The van der Waals surface area contributed by atoms with Crippen molar-refractivity contribution in [2.75, 3.05) is 19.3 Å². The number of nitrogens with zero attached hydrogens (tertiary/aromatic N) is 3. The van der Waals surface area contributed by atoms with Crippen molar-refractivity contribution in [3.8, 4) is 16.9 Å². The fraction of sp³-hybridized carbons (Fsp3) is 0.241. The van der Waals surface area contributed by atoms with E-state index in [9.17, 15) is 13.2 Å². The number of sulfone groups is 1. The molecule has 0 bridgehead atoms. The van der Waals surface area contributed by atoms with Crippen molar-refractivity contribution >= 4 is 27.3 Å². The molecule has 1 fully saturated rings. The Morgan fingerprint density at radius 1 is 0.946 bits per heavy atom. The van der Waals surface area contributed by atoms with Crippen LogP contribution >= 0.6 is 11.6 Å². The molecule has 8 heteroatoms. The monoisotopic (exact) mass is 533 g/mol. The Labute approximate surface area is 222 Å². The minimum absolute atomic E-state index is 0.0973. The van der Waals surface area contributed by atoms with E-state index in [1.54, 1.807) is 47.1 Å². The standard InChI is InChI=1S/C29H28ClN3O3S/c1-37(35,36)26-13-11-25(12-14-26)33-28(23-7-9-24(30)10-8-23)20-27(31-33)29(34)32-17-15-22(16-18-32)19-21-5-3-2-4-6-21/h2-14,20,22H,15-19H2,1H3. The van der Waals surface area contributed by atoms with Gasteiger partial charge in [-0.25, -0.2) is 13.1 Å². The van der Waals surface area contributed by atoms with Crippen LogP contribution in [-0.2, 0) is 16.3 Å². The van der Waals surface area contributed by atoms with E-state index < -0.39 is 9.84 Å². The van der Waals surface area contributed by atoms with Crippen molar-refractivity contribution in [1.29, 1.82) is 0 Å². The molecular weight excluding hydrogens is 506 g/mol. The summed E-state index contributed by atoms with van der Waals surface area (Å²) in [6, 6.07) is 26.1. The molecule has 0 aliphatic carbocycles. The molecule has 1 amide bonds. The van der Waals surface area contributed by atoms with Crippen LogP contribution in [0.5, 0.6) is 0 Å². The van der Waals surface area contributed by atoms with E-state index in [2.05, 4.69) is 29.4 Å². The van der Waals surface area contributed by atoms with Crippen LogP contribution in [-0.4, -0.2) is 48.4 Å². The van der Waals surface area contributed by atoms with Crippen LogP contribution < -0.4 is 0 Å². The number of hydrogen-bond acceptors (Lipinski definition) is 4. The summed E-state index contributed by atoms with van der Waals surface area (Å²) in [4.78, 5) is 15.6. The lowest BCUT2D eigenvalue weighted by atomic mass is 9.90. The van der Waals surface area contributed by atoms with E-state index in [0.717, 1.165) is 30.5 Å². The summed E-state index contributed by atoms with van der Waals surface area (Å²) < 4.78 is 25.5. The summed E-state index contributed by atoms with van der Waals surface area (Å²) in [5, 5.41) is 5.29. The number of hydrogen-bond donors (Lipinski definition) is 0. The third kappa shape index (κ3) is 5.78. The maximum atomic E-state index is 13.5. The molecule has 1 aliphatic heterocycles. The number of carbonyl (C=O) groups is 1. The van der Waals surface area contributed by atoms with E-state index in [0.29, 0.717) is 35.4 Å². The lowest BCUT2D eigenvalue weighted by Crippen LogP contribution is -2.39. The molecule has 0 radical (unpaired) electrons. The average molecular weight is 534 g/mol. The molecule has 5 rings (SSSR count). The fourth-order valence-electron chi connectivity index (χ4n) is 4.79. The summed E-state index contributed by atoms with van der Waals surface area (Å²) in [5.74, 6) is 0.460. The van der Waals surface area contributed by atoms with Crippen molar-refractivity contribution in [1.82, 2.24) is 14.7 Å². The Balaban J connectivity index is 1.39. The highest BCUT2D eigenvalue weighted by Crippen LogP contribution is 2.28. The second-order valence-corrected chi connectivity index (χ2v) is 12.0. The van der Waals surface area contributed by atoms with Gasteiger partial charge in [0.1, 0.15) is 0 Å². The topological polar surface area (TPSA) is 72.3 Å². The van der Waals surface area contributed by atoms with Crippen LogP contribution in [0, 0.1) is 5.92 Å². The first-order valence-electron chi connectivity index (χ1n) is 12.3. The average Bonchev–Trinajstić information content (AvgIpc) is 3.35. The Bertz CT molecular complexity index is 1490. The van der Waals surface area contributed by atoms with Gasteiger partial charge in [0.15, 0.2) is 15.5 Å². The smallest absolute Gasteiger partial charge is 0.274 e. The maximum absolute atomic E-state index is 13.5. The number of piperidine rings is 1. The minimum atomic E-state index is -3.32. The fourth-order valence-corrected chi connectivity index (χ4v) is 5.55. The van der Waals surface area contributed by atoms with Gasteiger partial charge in [-0.05, 0) is 73.2 Å². The summed E-state index contributed by atoms with van der Waals surface area (Å²) in [6.45, 7) is 1.39. The second-order valence-electron chi connectivity index (χ2n) is 9.52. The summed E-state index contributed by atoms with van der Waals surface area (Å²) in [7, 11) is -3.32. The predicted octanol–water partition coefficient (Wildman–Crippen LogP) is 5.69. The first kappa shape index (κ1) is 25.2. The summed E-state index contributed by atoms with van der Waals surface area (Å²) in [5.41, 5.74) is 3.94. The van der Waals surface area contributed by atoms with Crippen LogP contribution in [0.4, 0.5) is 0 Å². The van der Waals surface area contributed by atoms with Gasteiger partial charge >= 0.3 is 0 Å². The molecule has 37 heavy (non-hydrogen) atoms. The Morgan fingerprint density at radius 2 is 1.59 bits per heavy atom. The Morgan fingerprint density at radius 3 is 2.22 bits per heavy atom. The molecule has 1 saturated heterocycles. The number of amides is 1.